The second-order valence-electron chi connectivity index (χ2n) is 8.46. The Morgan fingerprint density at radius 2 is 1.74 bits per heavy atom. The molecule has 0 fully saturated rings. The van der Waals surface area contributed by atoms with Gasteiger partial charge in [0.25, 0.3) is 5.89 Å². The molecule has 8 nitrogen and oxygen atoms in total. The minimum Gasteiger partial charge on any atom is -0.445 e. The smallest absolute Gasteiger partial charge is 0.404 e. The highest BCUT2D eigenvalue weighted by Crippen LogP contribution is 2.37. The normalized spacial score (nSPS) is 11.6. The van der Waals surface area contributed by atoms with E-state index in [-0.39, 0.29) is 17.9 Å². The minimum absolute atomic E-state index is 0.159. The van der Waals surface area contributed by atoms with E-state index in [1.807, 2.05) is 32.9 Å². The lowest BCUT2D eigenvalue weighted by atomic mass is 9.97. The Balaban J connectivity index is 2.01. The van der Waals surface area contributed by atoms with Crippen LogP contribution in [-0.4, -0.2) is 26.1 Å². The molecule has 11 heteroatoms. The SMILES string of the molecule is CC(C)(C)c1nnc(-c2nn(-c3ccc(Cl)cc3Cl)c(-c3ccc(Cl)cc3)c2COC(N)=O)o1. The highest BCUT2D eigenvalue weighted by molar-refractivity contribution is 6.35. The van der Waals surface area contributed by atoms with Crippen LogP contribution in [0, 0.1) is 0 Å². The number of carbonyl (C=O) groups is 1. The second-order valence-corrected chi connectivity index (χ2v) is 9.74. The van der Waals surface area contributed by atoms with Crippen molar-refractivity contribution in [3.63, 3.8) is 0 Å². The van der Waals surface area contributed by atoms with Crippen molar-refractivity contribution in [3.8, 4) is 28.5 Å². The molecule has 2 heterocycles. The van der Waals surface area contributed by atoms with Gasteiger partial charge in [0, 0.05) is 26.6 Å². The molecule has 0 aliphatic rings. The van der Waals surface area contributed by atoms with E-state index in [4.69, 9.17) is 54.8 Å². The van der Waals surface area contributed by atoms with Gasteiger partial charge in [-0.05, 0) is 30.3 Å². The highest BCUT2D eigenvalue weighted by atomic mass is 35.5. The number of benzene rings is 2. The van der Waals surface area contributed by atoms with E-state index < -0.39 is 6.09 Å². The van der Waals surface area contributed by atoms with Gasteiger partial charge in [-0.15, -0.1) is 10.2 Å². The number of ether oxygens (including phenoxy) is 1. The zero-order valence-corrected chi connectivity index (χ0v) is 20.7. The van der Waals surface area contributed by atoms with Gasteiger partial charge in [0.2, 0.25) is 5.89 Å². The molecular weight excluding hydrogens is 501 g/mol. The zero-order valence-electron chi connectivity index (χ0n) is 18.5. The summed E-state index contributed by atoms with van der Waals surface area (Å²) in [6.07, 6.45) is -0.939. The van der Waals surface area contributed by atoms with Crippen LogP contribution in [0.1, 0.15) is 32.2 Å². The molecule has 2 aromatic heterocycles. The van der Waals surface area contributed by atoms with Crippen molar-refractivity contribution in [3.05, 3.63) is 69.0 Å². The van der Waals surface area contributed by atoms with Crippen LogP contribution in [0.2, 0.25) is 15.1 Å². The Bertz CT molecular complexity index is 1360. The lowest BCUT2D eigenvalue weighted by molar-refractivity contribution is 0.150. The van der Waals surface area contributed by atoms with Crippen LogP contribution in [0.4, 0.5) is 4.79 Å². The Kier molecular flexibility index (Phi) is 6.58. The maximum atomic E-state index is 11.5. The number of halogens is 3. The van der Waals surface area contributed by atoms with E-state index in [0.717, 1.165) is 5.56 Å². The zero-order chi connectivity index (χ0) is 24.6. The van der Waals surface area contributed by atoms with Crippen LogP contribution in [0.25, 0.3) is 28.5 Å². The molecule has 0 saturated heterocycles. The van der Waals surface area contributed by atoms with Crippen molar-refractivity contribution in [1.29, 1.82) is 0 Å². The molecule has 34 heavy (non-hydrogen) atoms. The van der Waals surface area contributed by atoms with Crippen LogP contribution >= 0.6 is 34.8 Å². The van der Waals surface area contributed by atoms with Gasteiger partial charge in [-0.3, -0.25) is 0 Å². The van der Waals surface area contributed by atoms with Crippen LogP contribution in [0.5, 0.6) is 0 Å². The van der Waals surface area contributed by atoms with Gasteiger partial charge >= 0.3 is 6.09 Å². The third-order valence-electron chi connectivity index (χ3n) is 4.87. The number of primary amides is 1. The van der Waals surface area contributed by atoms with E-state index in [2.05, 4.69) is 10.2 Å². The predicted molar refractivity (Wildman–Crippen MR) is 130 cm³/mol. The van der Waals surface area contributed by atoms with E-state index in [1.54, 1.807) is 35.0 Å². The van der Waals surface area contributed by atoms with Crippen LogP contribution < -0.4 is 5.73 Å². The Labute approximate surface area is 210 Å². The first-order valence-electron chi connectivity index (χ1n) is 10.1. The third-order valence-corrected chi connectivity index (χ3v) is 5.66. The molecule has 0 atom stereocenters. The lowest BCUT2D eigenvalue weighted by Gasteiger charge is -2.12. The first-order chi connectivity index (χ1) is 16.0. The topological polar surface area (TPSA) is 109 Å². The molecule has 0 unspecified atom stereocenters. The monoisotopic (exact) mass is 519 g/mol. The van der Waals surface area contributed by atoms with Gasteiger partial charge < -0.3 is 14.9 Å². The highest BCUT2D eigenvalue weighted by Gasteiger charge is 2.29. The summed E-state index contributed by atoms with van der Waals surface area (Å²) in [6, 6.07) is 12.1. The van der Waals surface area contributed by atoms with Gasteiger partial charge in [-0.1, -0.05) is 67.7 Å². The quantitative estimate of drug-likeness (QED) is 0.324. The molecule has 176 valence electrons. The summed E-state index contributed by atoms with van der Waals surface area (Å²) in [5.41, 5.74) is 7.55. The Morgan fingerprint density at radius 1 is 1.06 bits per heavy atom. The standard InChI is InChI=1S/C23H20Cl3N5O3/c1-23(2,3)21-29-28-20(34-21)18-15(11-33-22(27)32)19(12-4-6-13(24)7-5-12)31(30-18)17-9-8-14(25)10-16(17)26/h4-10H,11H2,1-3H3,(H2,27,32). The lowest BCUT2D eigenvalue weighted by Crippen LogP contribution is -2.13. The van der Waals surface area contributed by atoms with Gasteiger partial charge in [0.15, 0.2) is 5.69 Å². The maximum absolute atomic E-state index is 11.5. The molecule has 1 amide bonds. The maximum Gasteiger partial charge on any atom is 0.404 e. The number of nitrogens with zero attached hydrogens (tertiary/aromatic N) is 4. The molecule has 2 N–H and O–H groups in total. The Hall–Kier alpha value is -3.07. The van der Waals surface area contributed by atoms with Gasteiger partial charge in [0.1, 0.15) is 6.61 Å². The number of hydrogen-bond donors (Lipinski definition) is 1. The molecule has 0 aliphatic carbocycles. The van der Waals surface area contributed by atoms with Gasteiger partial charge in [-0.2, -0.15) is 5.10 Å². The molecule has 4 aromatic rings. The minimum atomic E-state index is -0.939. The summed E-state index contributed by atoms with van der Waals surface area (Å²) >= 11 is 18.7. The number of hydrogen-bond acceptors (Lipinski definition) is 6. The third kappa shape index (κ3) is 4.89. The number of amides is 1. The van der Waals surface area contributed by atoms with Crippen molar-refractivity contribution in [2.45, 2.75) is 32.8 Å². The Morgan fingerprint density at radius 3 is 2.32 bits per heavy atom. The fourth-order valence-electron chi connectivity index (χ4n) is 3.26. The van der Waals surface area contributed by atoms with Crippen molar-refractivity contribution >= 4 is 40.9 Å². The summed E-state index contributed by atoms with van der Waals surface area (Å²) in [7, 11) is 0. The summed E-state index contributed by atoms with van der Waals surface area (Å²) in [5.74, 6) is 0.587. The van der Waals surface area contributed by atoms with E-state index >= 15 is 0 Å². The average Bonchev–Trinajstić information content (AvgIpc) is 3.38. The van der Waals surface area contributed by atoms with Gasteiger partial charge in [-0.25, -0.2) is 9.48 Å². The molecular formula is C23H20Cl3N5O3. The number of carbonyl (C=O) groups excluding carboxylic acids is 1. The first-order valence-corrected chi connectivity index (χ1v) is 11.3. The fourth-order valence-corrected chi connectivity index (χ4v) is 3.87. The number of nitrogens with two attached hydrogens (primary N) is 1. The van der Waals surface area contributed by atoms with Crippen molar-refractivity contribution in [2.24, 2.45) is 5.73 Å². The molecule has 0 radical (unpaired) electrons. The molecule has 0 spiro atoms. The number of rotatable bonds is 5. The van der Waals surface area contributed by atoms with Crippen LogP contribution in [0.3, 0.4) is 0 Å². The summed E-state index contributed by atoms with van der Waals surface area (Å²) in [6.45, 7) is 5.66. The molecule has 4 rings (SSSR count). The molecule has 0 saturated carbocycles. The fraction of sp³-hybridized carbons (Fsp3) is 0.217. The van der Waals surface area contributed by atoms with E-state index in [9.17, 15) is 4.79 Å². The average molecular weight is 521 g/mol. The van der Waals surface area contributed by atoms with Crippen LogP contribution in [-0.2, 0) is 16.8 Å². The molecule has 0 aliphatic heterocycles. The van der Waals surface area contributed by atoms with Crippen molar-refractivity contribution < 1.29 is 13.9 Å². The summed E-state index contributed by atoms with van der Waals surface area (Å²) in [4.78, 5) is 11.5. The van der Waals surface area contributed by atoms with Crippen molar-refractivity contribution in [2.75, 3.05) is 0 Å². The van der Waals surface area contributed by atoms with Crippen molar-refractivity contribution in [1.82, 2.24) is 20.0 Å². The largest absolute Gasteiger partial charge is 0.445 e. The predicted octanol–water partition coefficient (Wildman–Crippen LogP) is 6.44. The van der Waals surface area contributed by atoms with Crippen LogP contribution in [0.15, 0.2) is 46.9 Å². The van der Waals surface area contributed by atoms with Gasteiger partial charge in [0.05, 0.1) is 16.4 Å². The summed E-state index contributed by atoms with van der Waals surface area (Å²) < 4.78 is 12.7. The van der Waals surface area contributed by atoms with E-state index in [1.165, 1.54) is 0 Å². The summed E-state index contributed by atoms with van der Waals surface area (Å²) in [5, 5.41) is 14.5. The van der Waals surface area contributed by atoms with E-state index in [0.29, 0.717) is 43.6 Å². The second kappa shape index (κ2) is 9.29. The first kappa shape index (κ1) is 24.1. The molecule has 0 bridgehead atoms. The molecule has 2 aromatic carbocycles. The number of aromatic nitrogens is 4.